The van der Waals surface area contributed by atoms with E-state index in [-0.39, 0.29) is 5.54 Å². The van der Waals surface area contributed by atoms with Gasteiger partial charge in [-0.15, -0.1) is 0 Å². The van der Waals surface area contributed by atoms with Gasteiger partial charge in [0.15, 0.2) is 0 Å². The van der Waals surface area contributed by atoms with Crippen molar-refractivity contribution in [2.24, 2.45) is 5.92 Å². The molecule has 2 aromatic rings. The van der Waals surface area contributed by atoms with Crippen LogP contribution in [0.5, 0.6) is 0 Å². The number of hydrogen-bond donors (Lipinski definition) is 0. The number of hydrogen-bond acceptors (Lipinski definition) is 6. The highest BCUT2D eigenvalue weighted by molar-refractivity contribution is 5.38. The summed E-state index contributed by atoms with van der Waals surface area (Å²) in [5.74, 6) is 1.42. The Kier molecular flexibility index (Phi) is 4.16. The molecule has 0 amide bonds. The number of nitrogens with zero attached hydrogens (tertiary/aromatic N) is 5. The monoisotopic (exact) mass is 325 g/mol. The van der Waals surface area contributed by atoms with E-state index in [0.29, 0.717) is 12.5 Å². The molecule has 6 heteroatoms. The van der Waals surface area contributed by atoms with Gasteiger partial charge in [0.2, 0.25) is 5.95 Å². The molecule has 0 bridgehead atoms. The van der Waals surface area contributed by atoms with E-state index >= 15 is 0 Å². The standard InChI is InChI=1S/C18H23N5O/c1-22-10-15(11-24-12-16-5-2-3-6-19-16)9-18(22)13-23(14-18)17-20-7-4-8-21-17/h2-8,15H,9-14H2,1H3/t15-/m0/s1. The lowest BCUT2D eigenvalue weighted by Gasteiger charge is -2.51. The first-order chi connectivity index (χ1) is 11.8. The number of likely N-dealkylation sites (N-methyl/N-ethyl adjacent to an activating group) is 1. The van der Waals surface area contributed by atoms with Crippen molar-refractivity contribution in [1.82, 2.24) is 19.9 Å². The fourth-order valence-electron chi connectivity index (χ4n) is 3.89. The first-order valence-electron chi connectivity index (χ1n) is 8.46. The molecule has 1 atom stereocenters. The molecule has 6 nitrogen and oxygen atoms in total. The van der Waals surface area contributed by atoms with Crippen molar-refractivity contribution in [3.63, 3.8) is 0 Å². The summed E-state index contributed by atoms with van der Waals surface area (Å²) in [5, 5.41) is 0. The van der Waals surface area contributed by atoms with Gasteiger partial charge in [-0.3, -0.25) is 9.88 Å². The van der Waals surface area contributed by atoms with Crippen molar-refractivity contribution in [3.8, 4) is 0 Å². The Labute approximate surface area is 142 Å². The Balaban J connectivity index is 1.28. The predicted molar refractivity (Wildman–Crippen MR) is 91.6 cm³/mol. The van der Waals surface area contributed by atoms with Crippen LogP contribution >= 0.6 is 0 Å². The normalized spacial score (nSPS) is 22.7. The largest absolute Gasteiger partial charge is 0.375 e. The molecule has 126 valence electrons. The zero-order valence-electron chi connectivity index (χ0n) is 14.0. The maximum Gasteiger partial charge on any atom is 0.225 e. The third-order valence-electron chi connectivity index (χ3n) is 5.15. The molecule has 24 heavy (non-hydrogen) atoms. The summed E-state index contributed by atoms with van der Waals surface area (Å²) in [7, 11) is 2.22. The average molecular weight is 325 g/mol. The van der Waals surface area contributed by atoms with Crippen LogP contribution in [0.4, 0.5) is 5.95 Å². The van der Waals surface area contributed by atoms with E-state index in [4.69, 9.17) is 4.74 Å². The van der Waals surface area contributed by atoms with Crippen LogP contribution in [0.25, 0.3) is 0 Å². The Morgan fingerprint density at radius 3 is 2.67 bits per heavy atom. The van der Waals surface area contributed by atoms with Crippen molar-refractivity contribution in [3.05, 3.63) is 48.5 Å². The number of pyridine rings is 1. The molecule has 0 N–H and O–H groups in total. The Hall–Kier alpha value is -2.05. The smallest absolute Gasteiger partial charge is 0.225 e. The van der Waals surface area contributed by atoms with Crippen molar-refractivity contribution in [2.75, 3.05) is 38.2 Å². The fraction of sp³-hybridized carbons (Fsp3) is 0.500. The highest BCUT2D eigenvalue weighted by Crippen LogP contribution is 2.40. The van der Waals surface area contributed by atoms with E-state index in [2.05, 4.69) is 31.8 Å². The lowest BCUT2D eigenvalue weighted by atomic mass is 9.85. The summed E-state index contributed by atoms with van der Waals surface area (Å²) in [6, 6.07) is 7.79. The summed E-state index contributed by atoms with van der Waals surface area (Å²) in [6.45, 7) is 4.49. The van der Waals surface area contributed by atoms with E-state index in [1.165, 1.54) is 6.42 Å². The minimum Gasteiger partial charge on any atom is -0.375 e. The van der Waals surface area contributed by atoms with Crippen LogP contribution in [-0.2, 0) is 11.3 Å². The summed E-state index contributed by atoms with van der Waals surface area (Å²) >= 11 is 0. The van der Waals surface area contributed by atoms with Gasteiger partial charge in [0.05, 0.1) is 24.4 Å². The molecule has 0 unspecified atom stereocenters. The molecule has 4 heterocycles. The molecule has 2 fully saturated rings. The maximum atomic E-state index is 5.90. The second kappa shape index (κ2) is 6.45. The van der Waals surface area contributed by atoms with Gasteiger partial charge in [-0.05, 0) is 37.6 Å². The van der Waals surface area contributed by atoms with E-state index < -0.39 is 0 Å². The minimum atomic E-state index is 0.262. The van der Waals surface area contributed by atoms with Crippen LogP contribution in [0.2, 0.25) is 0 Å². The SMILES string of the molecule is CN1C[C@@H](COCc2ccccn2)CC12CN(c1ncccn1)C2. The van der Waals surface area contributed by atoms with Crippen LogP contribution in [0.15, 0.2) is 42.9 Å². The summed E-state index contributed by atoms with van der Waals surface area (Å²) < 4.78 is 5.90. The summed E-state index contributed by atoms with van der Waals surface area (Å²) in [5.41, 5.74) is 1.26. The molecule has 0 radical (unpaired) electrons. The van der Waals surface area contributed by atoms with Gasteiger partial charge in [-0.25, -0.2) is 9.97 Å². The van der Waals surface area contributed by atoms with Crippen LogP contribution < -0.4 is 4.90 Å². The molecule has 2 aliphatic heterocycles. The van der Waals surface area contributed by atoms with Crippen LogP contribution in [0.1, 0.15) is 12.1 Å². The second-order valence-corrected chi connectivity index (χ2v) is 6.92. The van der Waals surface area contributed by atoms with Gasteiger partial charge in [-0.1, -0.05) is 6.07 Å². The number of anilines is 1. The van der Waals surface area contributed by atoms with E-state index in [0.717, 1.165) is 37.9 Å². The summed E-state index contributed by atoms with van der Waals surface area (Å²) in [4.78, 5) is 17.7. The summed E-state index contributed by atoms with van der Waals surface area (Å²) in [6.07, 6.45) is 6.60. The number of rotatable bonds is 5. The van der Waals surface area contributed by atoms with Crippen LogP contribution in [0.3, 0.4) is 0 Å². The lowest BCUT2D eigenvalue weighted by molar-refractivity contribution is 0.0869. The predicted octanol–water partition coefficient (Wildman–Crippen LogP) is 1.60. The molecular weight excluding hydrogens is 302 g/mol. The zero-order valence-corrected chi connectivity index (χ0v) is 14.0. The Morgan fingerprint density at radius 2 is 1.92 bits per heavy atom. The topological polar surface area (TPSA) is 54.4 Å². The highest BCUT2D eigenvalue weighted by atomic mass is 16.5. The Bertz CT molecular complexity index is 660. The lowest BCUT2D eigenvalue weighted by Crippen LogP contribution is -2.67. The van der Waals surface area contributed by atoms with E-state index in [1.807, 2.05) is 30.5 Å². The molecule has 1 spiro atoms. The first kappa shape index (κ1) is 15.5. The van der Waals surface area contributed by atoms with Crippen molar-refractivity contribution < 1.29 is 4.74 Å². The fourth-order valence-corrected chi connectivity index (χ4v) is 3.89. The van der Waals surface area contributed by atoms with Gasteiger partial charge in [0.1, 0.15) is 0 Å². The molecule has 2 aliphatic rings. The van der Waals surface area contributed by atoms with Crippen molar-refractivity contribution in [1.29, 1.82) is 0 Å². The highest BCUT2D eigenvalue weighted by Gasteiger charge is 2.52. The zero-order chi connectivity index (χ0) is 16.4. The van der Waals surface area contributed by atoms with Crippen LogP contribution in [0, 0.1) is 5.92 Å². The average Bonchev–Trinajstić information content (AvgIpc) is 2.92. The number of aromatic nitrogens is 3. The van der Waals surface area contributed by atoms with Gasteiger partial charge >= 0.3 is 0 Å². The molecule has 0 aromatic carbocycles. The van der Waals surface area contributed by atoms with Gasteiger partial charge < -0.3 is 9.64 Å². The molecule has 2 saturated heterocycles. The van der Waals surface area contributed by atoms with Crippen molar-refractivity contribution >= 4 is 5.95 Å². The third-order valence-corrected chi connectivity index (χ3v) is 5.15. The molecule has 4 rings (SSSR count). The quantitative estimate of drug-likeness (QED) is 0.832. The molecular formula is C18H23N5O. The first-order valence-corrected chi connectivity index (χ1v) is 8.46. The van der Waals surface area contributed by atoms with Gasteiger partial charge in [-0.2, -0.15) is 0 Å². The minimum absolute atomic E-state index is 0.262. The third kappa shape index (κ3) is 2.99. The van der Waals surface area contributed by atoms with Crippen LogP contribution in [-0.4, -0.2) is 58.7 Å². The van der Waals surface area contributed by atoms with E-state index in [1.54, 1.807) is 12.4 Å². The molecule has 0 saturated carbocycles. The van der Waals surface area contributed by atoms with Gasteiger partial charge in [0.25, 0.3) is 0 Å². The van der Waals surface area contributed by atoms with E-state index in [9.17, 15) is 0 Å². The second-order valence-electron chi connectivity index (χ2n) is 6.92. The number of ether oxygens (including phenoxy) is 1. The Morgan fingerprint density at radius 1 is 1.12 bits per heavy atom. The maximum absolute atomic E-state index is 5.90. The van der Waals surface area contributed by atoms with Crippen molar-refractivity contribution in [2.45, 2.75) is 18.6 Å². The molecule has 0 aliphatic carbocycles. The number of likely N-dealkylation sites (tertiary alicyclic amines) is 1. The van der Waals surface area contributed by atoms with Gasteiger partial charge in [0, 0.05) is 38.2 Å². The molecule has 2 aromatic heterocycles.